The third kappa shape index (κ3) is 1.77. The third-order valence-corrected chi connectivity index (χ3v) is 2.51. The number of carboxylic acid groups (broad SMARTS) is 1. The quantitative estimate of drug-likeness (QED) is 0.715. The molecule has 1 aromatic heterocycles. The van der Waals surface area contributed by atoms with Gasteiger partial charge in [-0.3, -0.25) is 4.79 Å². The van der Waals surface area contributed by atoms with Crippen molar-refractivity contribution in [2.45, 2.75) is 18.9 Å². The molecule has 0 saturated carbocycles. The molecule has 2 N–H and O–H groups in total. The Balaban J connectivity index is 2.15. The van der Waals surface area contributed by atoms with Gasteiger partial charge in [0.15, 0.2) is 0 Å². The summed E-state index contributed by atoms with van der Waals surface area (Å²) in [6, 6.07) is 0.367. The molecule has 1 saturated heterocycles. The molecular weight excluding hydrogens is 182 g/mol. The molecule has 0 bridgehead atoms. The van der Waals surface area contributed by atoms with Gasteiger partial charge in [-0.25, -0.2) is 4.98 Å². The fraction of sp³-hybridized carbons (Fsp3) is 0.556. The average molecular weight is 195 g/mol. The van der Waals surface area contributed by atoms with Gasteiger partial charge in [-0.2, -0.15) is 0 Å². The van der Waals surface area contributed by atoms with E-state index in [-0.39, 0.29) is 6.42 Å². The van der Waals surface area contributed by atoms with E-state index in [1.807, 2.05) is 4.57 Å². The summed E-state index contributed by atoms with van der Waals surface area (Å²) >= 11 is 0. The fourth-order valence-corrected chi connectivity index (χ4v) is 1.83. The molecule has 0 amide bonds. The predicted molar refractivity (Wildman–Crippen MR) is 50.1 cm³/mol. The lowest BCUT2D eigenvalue weighted by atomic mass is 10.2. The van der Waals surface area contributed by atoms with E-state index in [2.05, 4.69) is 10.3 Å². The number of hydrogen-bond acceptors (Lipinski definition) is 3. The molecule has 1 atom stereocenters. The molecule has 2 heterocycles. The Labute approximate surface area is 81.8 Å². The highest BCUT2D eigenvalue weighted by Gasteiger charge is 2.19. The summed E-state index contributed by atoms with van der Waals surface area (Å²) < 4.78 is 1.97. The Morgan fingerprint density at radius 3 is 3.29 bits per heavy atom. The molecular formula is C9H13N3O2. The van der Waals surface area contributed by atoms with Crippen molar-refractivity contribution < 1.29 is 9.90 Å². The Bertz CT molecular complexity index is 329. The van der Waals surface area contributed by atoms with Crippen molar-refractivity contribution >= 4 is 5.97 Å². The van der Waals surface area contributed by atoms with Crippen LogP contribution in [-0.4, -0.2) is 33.7 Å². The van der Waals surface area contributed by atoms with Gasteiger partial charge >= 0.3 is 5.97 Å². The van der Waals surface area contributed by atoms with Crippen LogP contribution in [0.4, 0.5) is 0 Å². The van der Waals surface area contributed by atoms with Crippen LogP contribution in [0, 0.1) is 0 Å². The summed E-state index contributed by atoms with van der Waals surface area (Å²) in [6.07, 6.45) is 4.45. The van der Waals surface area contributed by atoms with E-state index in [1.54, 1.807) is 12.5 Å². The molecule has 1 fully saturated rings. The number of nitrogens with zero attached hydrogens (tertiary/aromatic N) is 2. The van der Waals surface area contributed by atoms with E-state index >= 15 is 0 Å². The monoisotopic (exact) mass is 195 g/mol. The maximum Gasteiger partial charge on any atom is 0.309 e. The molecule has 1 aromatic rings. The summed E-state index contributed by atoms with van der Waals surface area (Å²) in [6.45, 7) is 1.90. The molecule has 0 aromatic carbocycles. The van der Waals surface area contributed by atoms with Crippen LogP contribution in [-0.2, 0) is 11.2 Å². The van der Waals surface area contributed by atoms with Crippen molar-refractivity contribution in [2.24, 2.45) is 0 Å². The molecule has 5 heteroatoms. The minimum Gasteiger partial charge on any atom is -0.481 e. The number of hydrogen-bond donors (Lipinski definition) is 2. The number of aromatic nitrogens is 2. The maximum atomic E-state index is 10.6. The molecule has 1 unspecified atom stereocenters. The normalized spacial score (nSPS) is 21.3. The van der Waals surface area contributed by atoms with E-state index in [0.29, 0.717) is 6.04 Å². The van der Waals surface area contributed by atoms with Crippen molar-refractivity contribution in [3.05, 3.63) is 18.2 Å². The van der Waals surface area contributed by atoms with Crippen LogP contribution in [0.1, 0.15) is 18.2 Å². The van der Waals surface area contributed by atoms with Crippen molar-refractivity contribution in [3.63, 3.8) is 0 Å². The second kappa shape index (κ2) is 3.79. The van der Waals surface area contributed by atoms with E-state index in [4.69, 9.17) is 5.11 Å². The molecule has 0 spiro atoms. The zero-order valence-corrected chi connectivity index (χ0v) is 7.81. The first-order chi connectivity index (χ1) is 6.77. The first-order valence-corrected chi connectivity index (χ1v) is 4.70. The minimum atomic E-state index is -0.808. The Kier molecular flexibility index (Phi) is 2.49. The predicted octanol–water partition coefficient (Wildman–Crippen LogP) is 0.0446. The van der Waals surface area contributed by atoms with E-state index in [9.17, 15) is 4.79 Å². The number of rotatable bonds is 3. The number of imidazole rings is 1. The van der Waals surface area contributed by atoms with Gasteiger partial charge in [0.25, 0.3) is 0 Å². The van der Waals surface area contributed by atoms with Gasteiger partial charge in [-0.05, 0) is 13.0 Å². The zero-order valence-electron chi connectivity index (χ0n) is 7.81. The Morgan fingerprint density at radius 2 is 2.64 bits per heavy atom. The number of aliphatic carboxylic acids is 1. The summed E-state index contributed by atoms with van der Waals surface area (Å²) in [5.41, 5.74) is 0.784. The minimum absolute atomic E-state index is 0.0521. The van der Waals surface area contributed by atoms with Crippen molar-refractivity contribution in [2.75, 3.05) is 13.1 Å². The van der Waals surface area contributed by atoms with Crippen LogP contribution in [0.2, 0.25) is 0 Å². The molecule has 1 aliphatic rings. The van der Waals surface area contributed by atoms with Crippen molar-refractivity contribution in [3.8, 4) is 0 Å². The summed E-state index contributed by atoms with van der Waals surface area (Å²) in [5, 5.41) is 11.9. The highest BCUT2D eigenvalue weighted by atomic mass is 16.4. The van der Waals surface area contributed by atoms with Crippen LogP contribution in [0.15, 0.2) is 12.5 Å². The first kappa shape index (κ1) is 9.21. The lowest BCUT2D eigenvalue weighted by molar-refractivity contribution is -0.136. The number of carbonyl (C=O) groups is 1. The zero-order chi connectivity index (χ0) is 9.97. The van der Waals surface area contributed by atoms with Gasteiger partial charge in [-0.1, -0.05) is 0 Å². The number of nitrogens with one attached hydrogen (secondary N) is 1. The van der Waals surface area contributed by atoms with Crippen LogP contribution >= 0.6 is 0 Å². The fourth-order valence-electron chi connectivity index (χ4n) is 1.83. The highest BCUT2D eigenvalue weighted by Crippen LogP contribution is 2.17. The second-order valence-corrected chi connectivity index (χ2v) is 3.51. The Hall–Kier alpha value is -1.36. The molecule has 2 rings (SSSR count). The van der Waals surface area contributed by atoms with Crippen LogP contribution in [0.5, 0.6) is 0 Å². The summed E-state index contributed by atoms with van der Waals surface area (Å²) in [5.74, 6) is -0.808. The number of carboxylic acids is 1. The molecule has 0 aliphatic carbocycles. The molecule has 1 aliphatic heterocycles. The van der Waals surface area contributed by atoms with Crippen molar-refractivity contribution in [1.82, 2.24) is 14.9 Å². The Morgan fingerprint density at radius 1 is 1.79 bits per heavy atom. The first-order valence-electron chi connectivity index (χ1n) is 4.70. The third-order valence-electron chi connectivity index (χ3n) is 2.51. The van der Waals surface area contributed by atoms with E-state index < -0.39 is 5.97 Å². The second-order valence-electron chi connectivity index (χ2n) is 3.51. The van der Waals surface area contributed by atoms with Crippen LogP contribution in [0.3, 0.4) is 0 Å². The lowest BCUT2D eigenvalue weighted by Crippen LogP contribution is -2.16. The van der Waals surface area contributed by atoms with Gasteiger partial charge in [-0.15, -0.1) is 0 Å². The molecule has 0 radical (unpaired) electrons. The topological polar surface area (TPSA) is 67.1 Å². The summed E-state index contributed by atoms with van der Waals surface area (Å²) in [7, 11) is 0. The lowest BCUT2D eigenvalue weighted by Gasteiger charge is -2.13. The van der Waals surface area contributed by atoms with Crippen LogP contribution in [0.25, 0.3) is 0 Å². The van der Waals surface area contributed by atoms with Gasteiger partial charge in [0, 0.05) is 24.5 Å². The van der Waals surface area contributed by atoms with E-state index in [0.717, 1.165) is 25.2 Å². The molecule has 5 nitrogen and oxygen atoms in total. The van der Waals surface area contributed by atoms with Gasteiger partial charge in [0.05, 0.1) is 12.7 Å². The highest BCUT2D eigenvalue weighted by molar-refractivity contribution is 5.69. The summed E-state index contributed by atoms with van der Waals surface area (Å²) in [4.78, 5) is 14.6. The van der Waals surface area contributed by atoms with Crippen LogP contribution < -0.4 is 5.32 Å². The smallest absolute Gasteiger partial charge is 0.309 e. The molecule has 14 heavy (non-hydrogen) atoms. The standard InChI is InChI=1S/C9H13N3O2/c13-9(14)3-8-5-11-6-12(8)7-1-2-10-4-7/h5-7,10H,1-4H2,(H,13,14). The maximum absolute atomic E-state index is 10.6. The SMILES string of the molecule is O=C(O)Cc1cncn1C1CCNC1. The van der Waals surface area contributed by atoms with E-state index in [1.165, 1.54) is 0 Å². The van der Waals surface area contributed by atoms with Crippen molar-refractivity contribution in [1.29, 1.82) is 0 Å². The largest absolute Gasteiger partial charge is 0.481 e. The van der Waals surface area contributed by atoms with Gasteiger partial charge in [0.1, 0.15) is 0 Å². The average Bonchev–Trinajstić information content (AvgIpc) is 2.70. The van der Waals surface area contributed by atoms with Gasteiger partial charge in [0.2, 0.25) is 0 Å². The molecule has 76 valence electrons. The van der Waals surface area contributed by atoms with Gasteiger partial charge < -0.3 is 15.0 Å².